The van der Waals surface area contributed by atoms with Crippen molar-refractivity contribution in [3.05, 3.63) is 18.0 Å². The molecule has 0 spiro atoms. The smallest absolute Gasteiger partial charge is 0.235 e. The van der Waals surface area contributed by atoms with Gasteiger partial charge in [-0.25, -0.2) is 5.84 Å². The first-order valence-electron chi connectivity index (χ1n) is 3.71. The van der Waals surface area contributed by atoms with Gasteiger partial charge in [0.15, 0.2) is 0 Å². The van der Waals surface area contributed by atoms with E-state index in [0.717, 1.165) is 5.56 Å². The lowest BCUT2D eigenvalue weighted by Crippen LogP contribution is -2.30. The van der Waals surface area contributed by atoms with Crippen molar-refractivity contribution < 1.29 is 4.79 Å². The summed E-state index contributed by atoms with van der Waals surface area (Å²) in [6, 6.07) is 0. The molecular weight excluding hydrogens is 156 g/mol. The molecule has 0 saturated heterocycles. The van der Waals surface area contributed by atoms with Crippen LogP contribution < -0.4 is 11.3 Å². The molecule has 1 aromatic rings. The van der Waals surface area contributed by atoms with E-state index < -0.39 is 0 Å². The average Bonchev–Trinajstić information content (AvgIpc) is 2.47. The average molecular weight is 168 g/mol. The monoisotopic (exact) mass is 168 g/mol. The van der Waals surface area contributed by atoms with Crippen LogP contribution in [-0.2, 0) is 11.3 Å². The minimum Gasteiger partial charge on any atom is -0.294 e. The van der Waals surface area contributed by atoms with Crippen LogP contribution in [0, 0.1) is 6.92 Å². The van der Waals surface area contributed by atoms with Crippen LogP contribution in [0.15, 0.2) is 12.4 Å². The van der Waals surface area contributed by atoms with E-state index in [2.05, 4.69) is 10.5 Å². The molecule has 1 rings (SSSR count). The lowest BCUT2D eigenvalue weighted by atomic mass is 10.4. The van der Waals surface area contributed by atoms with Gasteiger partial charge in [0, 0.05) is 19.2 Å². The highest BCUT2D eigenvalue weighted by Gasteiger charge is 1.99. The second kappa shape index (κ2) is 3.87. The molecule has 5 heteroatoms. The van der Waals surface area contributed by atoms with Gasteiger partial charge in [0.05, 0.1) is 6.20 Å². The second-order valence-electron chi connectivity index (χ2n) is 2.60. The van der Waals surface area contributed by atoms with Crippen molar-refractivity contribution >= 4 is 5.91 Å². The molecule has 0 bridgehead atoms. The first kappa shape index (κ1) is 8.73. The SMILES string of the molecule is Cc1cnn(CCC(=O)NN)c1. The molecule has 1 heterocycles. The summed E-state index contributed by atoms with van der Waals surface area (Å²) < 4.78 is 1.71. The van der Waals surface area contributed by atoms with Crippen molar-refractivity contribution in [2.75, 3.05) is 0 Å². The molecule has 0 fully saturated rings. The predicted molar refractivity (Wildman–Crippen MR) is 43.9 cm³/mol. The highest BCUT2D eigenvalue weighted by molar-refractivity contribution is 5.74. The summed E-state index contributed by atoms with van der Waals surface area (Å²) >= 11 is 0. The number of nitrogens with one attached hydrogen (secondary N) is 1. The number of rotatable bonds is 3. The number of aryl methyl sites for hydroxylation is 2. The molecule has 66 valence electrons. The van der Waals surface area contributed by atoms with Crippen LogP contribution in [0.25, 0.3) is 0 Å². The predicted octanol–water partition coefficient (Wildman–Crippen LogP) is -0.428. The minimum atomic E-state index is -0.178. The van der Waals surface area contributed by atoms with Crippen LogP contribution in [0.1, 0.15) is 12.0 Å². The minimum absolute atomic E-state index is 0.178. The Morgan fingerprint density at radius 3 is 3.08 bits per heavy atom. The first-order valence-corrected chi connectivity index (χ1v) is 3.71. The Labute approximate surface area is 70.5 Å². The molecule has 0 aliphatic rings. The van der Waals surface area contributed by atoms with Crippen LogP contribution in [0.2, 0.25) is 0 Å². The van der Waals surface area contributed by atoms with Gasteiger partial charge in [-0.2, -0.15) is 5.10 Å². The number of hydrogen-bond donors (Lipinski definition) is 2. The van der Waals surface area contributed by atoms with Gasteiger partial charge in [-0.3, -0.25) is 14.9 Å². The van der Waals surface area contributed by atoms with E-state index in [0.29, 0.717) is 13.0 Å². The summed E-state index contributed by atoms with van der Waals surface area (Å²) in [5, 5.41) is 4.02. The van der Waals surface area contributed by atoms with E-state index in [1.807, 2.05) is 13.1 Å². The number of nitrogens with two attached hydrogens (primary N) is 1. The Morgan fingerprint density at radius 1 is 1.83 bits per heavy atom. The number of hydrazine groups is 1. The molecule has 1 aromatic heterocycles. The molecule has 0 aliphatic carbocycles. The molecule has 12 heavy (non-hydrogen) atoms. The fourth-order valence-electron chi connectivity index (χ4n) is 0.878. The normalized spacial score (nSPS) is 9.83. The van der Waals surface area contributed by atoms with E-state index in [4.69, 9.17) is 5.84 Å². The maximum absolute atomic E-state index is 10.7. The Bertz CT molecular complexity index is 268. The fourth-order valence-corrected chi connectivity index (χ4v) is 0.878. The van der Waals surface area contributed by atoms with Crippen LogP contribution in [0.3, 0.4) is 0 Å². The molecule has 0 aromatic carbocycles. The third-order valence-electron chi connectivity index (χ3n) is 1.49. The Balaban J connectivity index is 2.38. The van der Waals surface area contributed by atoms with Crippen molar-refractivity contribution in [1.82, 2.24) is 15.2 Å². The standard InChI is InChI=1S/C7H12N4O/c1-6-4-9-11(5-6)3-2-7(12)10-8/h4-5H,2-3,8H2,1H3,(H,10,12). The van der Waals surface area contributed by atoms with Crippen molar-refractivity contribution in [2.45, 2.75) is 19.9 Å². The van der Waals surface area contributed by atoms with Gasteiger partial charge in [-0.1, -0.05) is 0 Å². The molecular formula is C7H12N4O. The van der Waals surface area contributed by atoms with Crippen molar-refractivity contribution in [1.29, 1.82) is 0 Å². The summed E-state index contributed by atoms with van der Waals surface area (Å²) in [6.07, 6.45) is 3.99. The number of carbonyl (C=O) groups excluding carboxylic acids is 1. The third kappa shape index (κ3) is 2.35. The third-order valence-corrected chi connectivity index (χ3v) is 1.49. The van der Waals surface area contributed by atoms with Gasteiger partial charge in [0.25, 0.3) is 0 Å². The lowest BCUT2D eigenvalue weighted by Gasteiger charge is -1.99. The van der Waals surface area contributed by atoms with Gasteiger partial charge in [0.1, 0.15) is 0 Å². The number of aromatic nitrogens is 2. The number of hydrogen-bond acceptors (Lipinski definition) is 3. The van der Waals surface area contributed by atoms with E-state index in [9.17, 15) is 4.79 Å². The van der Waals surface area contributed by atoms with Gasteiger partial charge in [-0.15, -0.1) is 0 Å². The van der Waals surface area contributed by atoms with Gasteiger partial charge in [-0.05, 0) is 12.5 Å². The van der Waals surface area contributed by atoms with Gasteiger partial charge in [0.2, 0.25) is 5.91 Å². The molecule has 0 atom stereocenters. The van der Waals surface area contributed by atoms with Crippen LogP contribution in [-0.4, -0.2) is 15.7 Å². The zero-order chi connectivity index (χ0) is 8.97. The Hall–Kier alpha value is -1.36. The Morgan fingerprint density at radius 2 is 2.58 bits per heavy atom. The maximum Gasteiger partial charge on any atom is 0.235 e. The molecule has 0 radical (unpaired) electrons. The highest BCUT2D eigenvalue weighted by Crippen LogP contribution is 1.95. The van der Waals surface area contributed by atoms with Crippen molar-refractivity contribution in [3.8, 4) is 0 Å². The van der Waals surface area contributed by atoms with Crippen molar-refractivity contribution in [3.63, 3.8) is 0 Å². The molecule has 0 saturated carbocycles. The summed E-state index contributed by atoms with van der Waals surface area (Å²) in [5.41, 5.74) is 3.15. The zero-order valence-corrected chi connectivity index (χ0v) is 6.95. The number of amides is 1. The molecule has 0 aliphatic heterocycles. The molecule has 3 N–H and O–H groups in total. The lowest BCUT2D eigenvalue weighted by molar-refractivity contribution is -0.121. The highest BCUT2D eigenvalue weighted by atomic mass is 16.2. The van der Waals surface area contributed by atoms with E-state index in [-0.39, 0.29) is 5.91 Å². The van der Waals surface area contributed by atoms with E-state index >= 15 is 0 Å². The maximum atomic E-state index is 10.7. The van der Waals surface area contributed by atoms with Crippen molar-refractivity contribution in [2.24, 2.45) is 5.84 Å². The fraction of sp³-hybridized carbons (Fsp3) is 0.429. The summed E-state index contributed by atoms with van der Waals surface area (Å²) in [4.78, 5) is 10.7. The first-order chi connectivity index (χ1) is 5.72. The topological polar surface area (TPSA) is 72.9 Å². The zero-order valence-electron chi connectivity index (χ0n) is 6.95. The second-order valence-corrected chi connectivity index (χ2v) is 2.60. The van der Waals surface area contributed by atoms with Crippen LogP contribution in [0.5, 0.6) is 0 Å². The molecule has 0 unspecified atom stereocenters. The summed E-state index contributed by atoms with van der Waals surface area (Å²) in [5.74, 6) is 4.73. The number of nitrogens with zero attached hydrogens (tertiary/aromatic N) is 2. The quantitative estimate of drug-likeness (QED) is 0.365. The Kier molecular flexibility index (Phi) is 2.82. The molecule has 1 amide bonds. The molecule has 5 nitrogen and oxygen atoms in total. The van der Waals surface area contributed by atoms with E-state index in [1.54, 1.807) is 10.9 Å². The van der Waals surface area contributed by atoms with Gasteiger partial charge < -0.3 is 0 Å². The summed E-state index contributed by atoms with van der Waals surface area (Å²) in [7, 11) is 0. The van der Waals surface area contributed by atoms with E-state index in [1.165, 1.54) is 0 Å². The largest absolute Gasteiger partial charge is 0.294 e. The number of carbonyl (C=O) groups is 1. The van der Waals surface area contributed by atoms with Gasteiger partial charge >= 0.3 is 0 Å². The van der Waals surface area contributed by atoms with Crippen LogP contribution >= 0.6 is 0 Å². The summed E-state index contributed by atoms with van der Waals surface area (Å²) in [6.45, 7) is 2.52. The van der Waals surface area contributed by atoms with Crippen LogP contribution in [0.4, 0.5) is 0 Å².